The van der Waals surface area contributed by atoms with Crippen LogP contribution in [0.5, 0.6) is 0 Å². The van der Waals surface area contributed by atoms with Crippen LogP contribution in [-0.4, -0.2) is 33.9 Å². The van der Waals surface area contributed by atoms with Gasteiger partial charge in [-0.15, -0.1) is 0 Å². The van der Waals surface area contributed by atoms with Crippen molar-refractivity contribution in [2.45, 2.75) is 19.9 Å². The minimum Gasteiger partial charge on any atom is -0.396 e. The van der Waals surface area contributed by atoms with Crippen LogP contribution in [0.1, 0.15) is 23.2 Å². The molecule has 5 nitrogen and oxygen atoms in total. The summed E-state index contributed by atoms with van der Waals surface area (Å²) in [5.74, 6) is -0.232. The zero-order chi connectivity index (χ0) is 17.5. The molecular weight excluding hydrogens is 349 g/mol. The fourth-order valence-electron chi connectivity index (χ4n) is 2.13. The van der Waals surface area contributed by atoms with E-state index in [2.05, 4.69) is 10.4 Å². The van der Waals surface area contributed by atoms with E-state index in [0.717, 1.165) is 11.3 Å². The van der Waals surface area contributed by atoms with Crippen LogP contribution in [0, 0.1) is 6.92 Å². The van der Waals surface area contributed by atoms with Gasteiger partial charge in [-0.2, -0.15) is 5.10 Å². The van der Waals surface area contributed by atoms with Gasteiger partial charge in [-0.3, -0.25) is 4.79 Å². The molecule has 0 unspecified atom stereocenters. The summed E-state index contributed by atoms with van der Waals surface area (Å²) >= 11 is 12.3. The predicted molar refractivity (Wildman–Crippen MR) is 96.3 cm³/mol. The smallest absolute Gasteiger partial charge is 0.244 e. The molecule has 0 aliphatic heterocycles. The van der Waals surface area contributed by atoms with E-state index in [0.29, 0.717) is 35.2 Å². The monoisotopic (exact) mass is 367 g/mol. The van der Waals surface area contributed by atoms with Crippen LogP contribution < -0.4 is 5.32 Å². The van der Waals surface area contributed by atoms with Crippen molar-refractivity contribution >= 4 is 35.2 Å². The Hall–Kier alpha value is -1.82. The second-order valence-electron chi connectivity index (χ2n) is 5.28. The molecule has 0 fully saturated rings. The summed E-state index contributed by atoms with van der Waals surface area (Å²) in [6.07, 6.45) is 3.59. The molecule has 2 N–H and O–H groups in total. The van der Waals surface area contributed by atoms with E-state index >= 15 is 0 Å². The highest BCUT2D eigenvalue weighted by Gasteiger charge is 2.11. The van der Waals surface area contributed by atoms with Gasteiger partial charge in [-0.1, -0.05) is 35.3 Å². The van der Waals surface area contributed by atoms with E-state index in [1.807, 2.05) is 31.2 Å². The Morgan fingerprint density at radius 1 is 1.33 bits per heavy atom. The largest absolute Gasteiger partial charge is 0.396 e. The van der Waals surface area contributed by atoms with Crippen molar-refractivity contribution in [2.75, 3.05) is 13.2 Å². The average Bonchev–Trinajstić information content (AvgIpc) is 2.82. The number of hydrogen-bond acceptors (Lipinski definition) is 3. The quantitative estimate of drug-likeness (QED) is 0.583. The van der Waals surface area contributed by atoms with E-state index in [9.17, 15) is 4.79 Å². The highest BCUT2D eigenvalue weighted by molar-refractivity contribution is 6.31. The van der Waals surface area contributed by atoms with Crippen LogP contribution >= 0.6 is 23.2 Å². The van der Waals surface area contributed by atoms with Gasteiger partial charge in [0.15, 0.2) is 0 Å². The lowest BCUT2D eigenvalue weighted by Gasteiger charge is -2.04. The molecule has 0 saturated carbocycles. The first-order chi connectivity index (χ1) is 11.5. The molecule has 0 radical (unpaired) electrons. The van der Waals surface area contributed by atoms with Gasteiger partial charge in [0.1, 0.15) is 5.15 Å². The summed E-state index contributed by atoms with van der Waals surface area (Å²) in [4.78, 5) is 11.7. The highest BCUT2D eigenvalue weighted by atomic mass is 35.5. The lowest BCUT2D eigenvalue weighted by Crippen LogP contribution is -2.22. The van der Waals surface area contributed by atoms with Gasteiger partial charge in [0.05, 0.1) is 12.2 Å². The summed E-state index contributed by atoms with van der Waals surface area (Å²) in [5, 5.41) is 16.9. The molecule has 0 aliphatic carbocycles. The Morgan fingerprint density at radius 2 is 2.04 bits per heavy atom. The topological polar surface area (TPSA) is 67.2 Å². The molecule has 2 aromatic rings. The molecule has 128 valence electrons. The Morgan fingerprint density at radius 3 is 2.71 bits per heavy atom. The zero-order valence-corrected chi connectivity index (χ0v) is 14.8. The fourth-order valence-corrected chi connectivity index (χ4v) is 2.56. The molecule has 24 heavy (non-hydrogen) atoms. The lowest BCUT2D eigenvalue weighted by atomic mass is 10.2. The number of halogens is 2. The third kappa shape index (κ3) is 5.09. The second-order valence-corrected chi connectivity index (χ2v) is 6.07. The molecule has 1 aromatic heterocycles. The van der Waals surface area contributed by atoms with Gasteiger partial charge in [-0.05, 0) is 37.1 Å². The van der Waals surface area contributed by atoms with Crippen molar-refractivity contribution in [1.82, 2.24) is 15.1 Å². The first-order valence-corrected chi connectivity index (χ1v) is 8.31. The van der Waals surface area contributed by atoms with E-state index in [1.54, 1.807) is 10.8 Å². The number of aliphatic hydroxyl groups excluding tert-OH is 1. The number of rotatable bonds is 7. The molecule has 0 spiro atoms. The maximum atomic E-state index is 11.7. The highest BCUT2D eigenvalue weighted by Crippen LogP contribution is 2.22. The summed E-state index contributed by atoms with van der Waals surface area (Å²) in [6, 6.07) is 7.47. The van der Waals surface area contributed by atoms with Crippen LogP contribution in [0.3, 0.4) is 0 Å². The normalized spacial score (nSPS) is 11.2. The summed E-state index contributed by atoms with van der Waals surface area (Å²) in [6.45, 7) is 2.84. The Labute approximate surface area is 150 Å². The van der Waals surface area contributed by atoms with Crippen molar-refractivity contribution in [3.05, 3.63) is 57.3 Å². The summed E-state index contributed by atoms with van der Waals surface area (Å²) in [7, 11) is 0. The number of aliphatic hydroxyl groups is 1. The molecule has 0 saturated heterocycles. The Bertz CT molecular complexity index is 724. The molecule has 1 heterocycles. The van der Waals surface area contributed by atoms with E-state index in [-0.39, 0.29) is 12.5 Å². The average molecular weight is 368 g/mol. The molecule has 0 aliphatic rings. The first-order valence-electron chi connectivity index (χ1n) is 7.55. The van der Waals surface area contributed by atoms with Crippen molar-refractivity contribution < 1.29 is 9.90 Å². The van der Waals surface area contributed by atoms with Gasteiger partial charge >= 0.3 is 0 Å². The third-order valence-corrected chi connectivity index (χ3v) is 4.04. The standard InChI is InChI=1S/C17H19Cl2N3O2/c1-12-15(7-8-16(24)20-9-2-10-23)17(19)22(21-12)11-13-3-5-14(18)6-4-13/h3-8,23H,2,9-11H2,1H3,(H,20,24)/b8-7+. The number of benzene rings is 1. The van der Waals surface area contributed by atoms with Crippen LogP contribution in [0.25, 0.3) is 6.08 Å². The Kier molecular flexibility index (Phi) is 6.85. The van der Waals surface area contributed by atoms with Crippen LogP contribution in [0.4, 0.5) is 0 Å². The molecule has 1 amide bonds. The first kappa shape index (κ1) is 18.5. The maximum Gasteiger partial charge on any atom is 0.244 e. The van der Waals surface area contributed by atoms with E-state index < -0.39 is 0 Å². The van der Waals surface area contributed by atoms with E-state index in [1.165, 1.54) is 6.08 Å². The van der Waals surface area contributed by atoms with Crippen molar-refractivity contribution in [2.24, 2.45) is 0 Å². The third-order valence-electron chi connectivity index (χ3n) is 3.39. The SMILES string of the molecule is Cc1nn(Cc2ccc(Cl)cc2)c(Cl)c1/C=C/C(=O)NCCCO. The molecule has 7 heteroatoms. The van der Waals surface area contributed by atoms with Crippen molar-refractivity contribution in [3.63, 3.8) is 0 Å². The lowest BCUT2D eigenvalue weighted by molar-refractivity contribution is -0.116. The van der Waals surface area contributed by atoms with Crippen molar-refractivity contribution in [1.29, 1.82) is 0 Å². The maximum absolute atomic E-state index is 11.7. The zero-order valence-electron chi connectivity index (χ0n) is 13.3. The van der Waals surface area contributed by atoms with Crippen LogP contribution in [0.15, 0.2) is 30.3 Å². The van der Waals surface area contributed by atoms with Gasteiger partial charge in [0.2, 0.25) is 5.91 Å². The summed E-state index contributed by atoms with van der Waals surface area (Å²) in [5.41, 5.74) is 2.48. The number of carbonyl (C=O) groups excluding carboxylic acids is 1. The minimum absolute atomic E-state index is 0.0480. The van der Waals surface area contributed by atoms with E-state index in [4.69, 9.17) is 28.3 Å². The van der Waals surface area contributed by atoms with Gasteiger partial charge in [0, 0.05) is 29.8 Å². The molecule has 0 bridgehead atoms. The number of hydrogen-bond donors (Lipinski definition) is 2. The van der Waals surface area contributed by atoms with Gasteiger partial charge < -0.3 is 10.4 Å². The van der Waals surface area contributed by atoms with Gasteiger partial charge in [-0.25, -0.2) is 4.68 Å². The fraction of sp³-hybridized carbons (Fsp3) is 0.294. The molecule has 0 atom stereocenters. The van der Waals surface area contributed by atoms with Crippen LogP contribution in [-0.2, 0) is 11.3 Å². The number of nitrogens with one attached hydrogen (secondary N) is 1. The second kappa shape index (κ2) is 8.87. The molecule has 2 rings (SSSR count). The number of aromatic nitrogens is 2. The number of nitrogens with zero attached hydrogens (tertiary/aromatic N) is 2. The molecular formula is C17H19Cl2N3O2. The number of aryl methyl sites for hydroxylation is 1. The van der Waals surface area contributed by atoms with Gasteiger partial charge in [0.25, 0.3) is 0 Å². The molecule has 1 aromatic carbocycles. The number of amides is 1. The van der Waals surface area contributed by atoms with Crippen molar-refractivity contribution in [3.8, 4) is 0 Å². The number of carbonyl (C=O) groups is 1. The van der Waals surface area contributed by atoms with Crippen LogP contribution in [0.2, 0.25) is 10.2 Å². The predicted octanol–water partition coefficient (Wildman–Crippen LogP) is 3.06. The minimum atomic E-state index is -0.232. The summed E-state index contributed by atoms with van der Waals surface area (Å²) < 4.78 is 1.68. The Balaban J connectivity index is 2.08.